The van der Waals surface area contributed by atoms with Gasteiger partial charge in [0.05, 0.1) is 11.7 Å². The highest BCUT2D eigenvalue weighted by Crippen LogP contribution is 2.14. The van der Waals surface area contributed by atoms with Gasteiger partial charge in [-0.15, -0.1) is 0 Å². The van der Waals surface area contributed by atoms with Gasteiger partial charge in [-0.05, 0) is 32.2 Å². The van der Waals surface area contributed by atoms with Crippen LogP contribution in [-0.2, 0) is 0 Å². The second kappa shape index (κ2) is 7.65. The van der Waals surface area contributed by atoms with Crippen LogP contribution in [0.4, 0.5) is 10.3 Å². The fraction of sp³-hybridized carbons (Fsp3) is 0.389. The van der Waals surface area contributed by atoms with Gasteiger partial charge in [-0.25, -0.2) is 9.37 Å². The molecule has 0 bridgehead atoms. The average molecular weight is 359 g/mol. The van der Waals surface area contributed by atoms with E-state index in [2.05, 4.69) is 20.2 Å². The predicted octanol–water partition coefficient (Wildman–Crippen LogP) is 1.15. The Morgan fingerprint density at radius 2 is 2.00 bits per heavy atom. The standard InChI is InChI=1S/C18H22FN5O2/c1-12(20-17(26)13-4-3-5-14(19)10-13)15-11-16(25)22-18(21-15)24-8-6-23(2)7-9-24/h3-5,10-12H,6-9H2,1-2H3,(H,20,26)(H,21,22,25)/t12-/m1/s1. The van der Waals surface area contributed by atoms with Gasteiger partial charge in [-0.3, -0.25) is 14.6 Å². The molecule has 1 aliphatic heterocycles. The number of hydrogen-bond acceptors (Lipinski definition) is 5. The minimum absolute atomic E-state index is 0.223. The number of hydrogen-bond donors (Lipinski definition) is 2. The minimum Gasteiger partial charge on any atom is -0.344 e. The number of halogens is 1. The normalized spacial score (nSPS) is 16.3. The highest BCUT2D eigenvalue weighted by Gasteiger charge is 2.19. The molecule has 2 heterocycles. The number of nitrogens with zero attached hydrogens (tertiary/aromatic N) is 3. The molecule has 0 spiro atoms. The lowest BCUT2D eigenvalue weighted by molar-refractivity contribution is 0.0938. The second-order valence-electron chi connectivity index (χ2n) is 6.49. The van der Waals surface area contributed by atoms with E-state index in [1.807, 2.05) is 11.9 Å². The van der Waals surface area contributed by atoms with Crippen molar-refractivity contribution in [3.05, 3.63) is 57.8 Å². The third kappa shape index (κ3) is 4.26. The molecule has 0 radical (unpaired) electrons. The molecule has 1 saturated heterocycles. The van der Waals surface area contributed by atoms with Crippen molar-refractivity contribution >= 4 is 11.9 Å². The Morgan fingerprint density at radius 1 is 1.27 bits per heavy atom. The quantitative estimate of drug-likeness (QED) is 0.856. The van der Waals surface area contributed by atoms with Gasteiger partial charge in [-0.2, -0.15) is 0 Å². The van der Waals surface area contributed by atoms with Crippen LogP contribution in [0.15, 0.2) is 35.1 Å². The first-order chi connectivity index (χ1) is 12.4. The van der Waals surface area contributed by atoms with Gasteiger partial charge < -0.3 is 15.1 Å². The van der Waals surface area contributed by atoms with E-state index < -0.39 is 17.8 Å². The van der Waals surface area contributed by atoms with Crippen molar-refractivity contribution in [3.63, 3.8) is 0 Å². The molecule has 1 aliphatic rings. The molecule has 2 aromatic rings. The Kier molecular flexibility index (Phi) is 5.32. The van der Waals surface area contributed by atoms with E-state index in [4.69, 9.17) is 0 Å². The first-order valence-corrected chi connectivity index (χ1v) is 8.53. The third-order valence-corrected chi connectivity index (χ3v) is 4.43. The molecule has 0 aliphatic carbocycles. The number of aromatic amines is 1. The largest absolute Gasteiger partial charge is 0.344 e. The van der Waals surface area contributed by atoms with Crippen molar-refractivity contribution in [2.75, 3.05) is 38.1 Å². The molecular weight excluding hydrogens is 337 g/mol. The van der Waals surface area contributed by atoms with Crippen LogP contribution in [0.3, 0.4) is 0 Å². The number of nitrogens with one attached hydrogen (secondary N) is 2. The Hall–Kier alpha value is -2.74. The molecule has 1 fully saturated rings. The number of H-pyrrole nitrogens is 1. The highest BCUT2D eigenvalue weighted by molar-refractivity contribution is 5.94. The molecule has 2 N–H and O–H groups in total. The van der Waals surface area contributed by atoms with Gasteiger partial charge in [0.25, 0.3) is 11.5 Å². The molecule has 26 heavy (non-hydrogen) atoms. The first kappa shape index (κ1) is 18.1. The summed E-state index contributed by atoms with van der Waals surface area (Å²) < 4.78 is 13.3. The van der Waals surface area contributed by atoms with Crippen LogP contribution in [0.1, 0.15) is 29.0 Å². The third-order valence-electron chi connectivity index (χ3n) is 4.43. The van der Waals surface area contributed by atoms with E-state index in [-0.39, 0.29) is 11.1 Å². The molecule has 138 valence electrons. The Morgan fingerprint density at radius 3 is 2.69 bits per heavy atom. The first-order valence-electron chi connectivity index (χ1n) is 8.53. The average Bonchev–Trinajstić information content (AvgIpc) is 2.61. The van der Waals surface area contributed by atoms with Crippen molar-refractivity contribution in [3.8, 4) is 0 Å². The van der Waals surface area contributed by atoms with Crippen LogP contribution in [0.25, 0.3) is 0 Å². The van der Waals surface area contributed by atoms with E-state index in [1.54, 1.807) is 6.92 Å². The summed E-state index contributed by atoms with van der Waals surface area (Å²) in [5.41, 5.74) is 0.421. The Bertz CT molecular complexity index is 845. The molecule has 0 unspecified atom stereocenters. The second-order valence-corrected chi connectivity index (χ2v) is 6.49. The van der Waals surface area contributed by atoms with Crippen LogP contribution in [-0.4, -0.2) is 54.0 Å². The van der Waals surface area contributed by atoms with E-state index in [1.165, 1.54) is 30.3 Å². The maximum atomic E-state index is 13.3. The summed E-state index contributed by atoms with van der Waals surface area (Å²) in [7, 11) is 2.05. The van der Waals surface area contributed by atoms with Crippen LogP contribution in [0.5, 0.6) is 0 Å². The highest BCUT2D eigenvalue weighted by atomic mass is 19.1. The molecule has 1 aromatic heterocycles. The molecule has 8 heteroatoms. The summed E-state index contributed by atoms with van der Waals surface area (Å²) in [6.45, 7) is 5.06. The van der Waals surface area contributed by atoms with Crippen LogP contribution < -0.4 is 15.8 Å². The van der Waals surface area contributed by atoms with Gasteiger partial charge in [0, 0.05) is 37.8 Å². The number of benzene rings is 1. The van der Waals surface area contributed by atoms with Gasteiger partial charge in [-0.1, -0.05) is 6.07 Å². The van der Waals surface area contributed by atoms with Crippen LogP contribution in [0, 0.1) is 5.82 Å². The van der Waals surface area contributed by atoms with E-state index in [0.717, 1.165) is 26.2 Å². The van der Waals surface area contributed by atoms with Gasteiger partial charge in [0.15, 0.2) is 0 Å². The number of piperazine rings is 1. The summed E-state index contributed by atoms with van der Waals surface area (Å²) in [5, 5.41) is 2.76. The number of carbonyl (C=O) groups excluding carboxylic acids is 1. The zero-order chi connectivity index (χ0) is 18.7. The van der Waals surface area contributed by atoms with Crippen molar-refractivity contribution in [2.45, 2.75) is 13.0 Å². The van der Waals surface area contributed by atoms with Gasteiger partial charge in [0.2, 0.25) is 5.95 Å². The summed E-state index contributed by atoms with van der Waals surface area (Å²) in [6, 6.07) is 6.34. The Balaban J connectivity index is 1.75. The molecule has 1 atom stereocenters. The van der Waals surface area contributed by atoms with E-state index in [9.17, 15) is 14.0 Å². The van der Waals surface area contributed by atoms with E-state index in [0.29, 0.717) is 11.6 Å². The molecule has 7 nitrogen and oxygen atoms in total. The SMILES string of the molecule is C[C@@H](NC(=O)c1cccc(F)c1)c1cc(=O)[nH]c(N2CCN(C)CC2)n1. The molecular formula is C18H22FN5O2. The number of aromatic nitrogens is 2. The lowest BCUT2D eigenvalue weighted by Crippen LogP contribution is -2.45. The fourth-order valence-corrected chi connectivity index (χ4v) is 2.84. The summed E-state index contributed by atoms with van der Waals surface area (Å²) in [5.74, 6) is -0.385. The smallest absolute Gasteiger partial charge is 0.252 e. The van der Waals surface area contributed by atoms with Gasteiger partial charge >= 0.3 is 0 Å². The lowest BCUT2D eigenvalue weighted by Gasteiger charge is -2.32. The predicted molar refractivity (Wildman–Crippen MR) is 96.8 cm³/mol. The zero-order valence-corrected chi connectivity index (χ0v) is 14.8. The van der Waals surface area contributed by atoms with Crippen molar-refractivity contribution in [1.82, 2.24) is 20.2 Å². The molecule has 0 saturated carbocycles. The Labute approximate surface area is 150 Å². The summed E-state index contributed by atoms with van der Waals surface area (Å²) in [4.78, 5) is 35.8. The fourth-order valence-electron chi connectivity index (χ4n) is 2.84. The number of anilines is 1. The molecule has 3 rings (SSSR count). The summed E-state index contributed by atoms with van der Waals surface area (Å²) >= 11 is 0. The number of rotatable bonds is 4. The topological polar surface area (TPSA) is 81.3 Å². The van der Waals surface area contributed by atoms with Crippen LogP contribution >= 0.6 is 0 Å². The maximum Gasteiger partial charge on any atom is 0.252 e. The van der Waals surface area contributed by atoms with Crippen molar-refractivity contribution in [2.24, 2.45) is 0 Å². The van der Waals surface area contributed by atoms with E-state index >= 15 is 0 Å². The number of amides is 1. The monoisotopic (exact) mass is 359 g/mol. The number of carbonyl (C=O) groups is 1. The number of likely N-dealkylation sites (N-methyl/N-ethyl adjacent to an activating group) is 1. The molecule has 1 aromatic carbocycles. The molecule has 1 amide bonds. The van der Waals surface area contributed by atoms with Crippen LogP contribution in [0.2, 0.25) is 0 Å². The van der Waals surface area contributed by atoms with Gasteiger partial charge in [0.1, 0.15) is 5.82 Å². The maximum absolute atomic E-state index is 13.3. The minimum atomic E-state index is -0.487. The summed E-state index contributed by atoms with van der Waals surface area (Å²) in [6.07, 6.45) is 0. The lowest BCUT2D eigenvalue weighted by atomic mass is 10.1. The van der Waals surface area contributed by atoms with Crippen molar-refractivity contribution in [1.29, 1.82) is 0 Å². The van der Waals surface area contributed by atoms with Crippen molar-refractivity contribution < 1.29 is 9.18 Å². The zero-order valence-electron chi connectivity index (χ0n) is 14.8.